The molecule has 12 rings (SSSR count). The molecule has 1 unspecified atom stereocenters. The summed E-state index contributed by atoms with van der Waals surface area (Å²) in [5.41, 5.74) is 13.8. The molecule has 6 aromatic rings. The zero-order chi connectivity index (χ0) is 69.8. The fourth-order valence-electron chi connectivity index (χ4n) is 10.9. The summed E-state index contributed by atoms with van der Waals surface area (Å²) in [6, 6.07) is 0. The molecule has 0 amide bonds. The number of esters is 3. The van der Waals surface area contributed by atoms with Gasteiger partial charge in [0.15, 0.2) is 70.5 Å². The SMILES string of the molecule is CCOC(=O)[C@H](C)OP1(=O)OC[C@H]2O[C@@H](n3cnc4c(OC)nc(N)nc43)[C@](C)(O)[C@@H]2O1.CCOC(=O)[C@H](C)O[P@@]1(=O)OC[C@H]2O[C@@H](n3cnc4c(OC)nc(N)nc43)[C@](C)(O)[C@@H]2O1.CCOC(=O)[C@H](C)O[P@]1(=O)OC[C@H]2O[C@@H](n3cnc4c(OC)nc(N)nc43)[C@](C)(O)[C@@H]2O1. The number of carbonyl (C=O) groups is 3. The van der Waals surface area contributed by atoms with Gasteiger partial charge in [-0.15, -0.1) is 0 Å². The zero-order valence-corrected chi connectivity index (χ0v) is 56.2. The van der Waals surface area contributed by atoms with Crippen molar-refractivity contribution in [2.45, 2.75) is 153 Å². The van der Waals surface area contributed by atoms with Crippen molar-refractivity contribution in [3.63, 3.8) is 0 Å². The van der Waals surface area contributed by atoms with E-state index >= 15 is 0 Å². The number of hydrogen-bond donors (Lipinski definition) is 6. The van der Waals surface area contributed by atoms with Crippen LogP contribution in [0.1, 0.15) is 81.0 Å². The van der Waals surface area contributed by atoms with E-state index in [-0.39, 0.29) is 92.1 Å². The van der Waals surface area contributed by atoms with Gasteiger partial charge in [0.1, 0.15) is 53.4 Å². The van der Waals surface area contributed by atoms with Gasteiger partial charge >= 0.3 is 41.4 Å². The second-order valence-corrected chi connectivity index (χ2v) is 27.0. The number of fused-ring (bicyclic) bond motifs is 6. The Morgan fingerprint density at radius 3 is 0.979 bits per heavy atom. The summed E-state index contributed by atoms with van der Waals surface area (Å²) >= 11 is 0. The topological polar surface area (TPSA) is 538 Å². The summed E-state index contributed by atoms with van der Waals surface area (Å²) in [6.07, 6.45) is -8.34. The van der Waals surface area contributed by atoms with Crippen LogP contribution in [0.15, 0.2) is 19.0 Å². The summed E-state index contributed by atoms with van der Waals surface area (Å²) < 4.78 is 139. The number of carbonyl (C=O) groups excluding carboxylic acids is 3. The molecular weight excluding hydrogens is 1350 g/mol. The van der Waals surface area contributed by atoms with Crippen LogP contribution in [0.25, 0.3) is 33.5 Å². The molecule has 6 aliphatic heterocycles. The average molecular weight is 1420 g/mol. The van der Waals surface area contributed by atoms with Gasteiger partial charge in [0.2, 0.25) is 35.5 Å². The highest BCUT2D eigenvalue weighted by molar-refractivity contribution is 7.49. The number of nitrogen functional groups attached to an aromatic ring is 3. The third-order valence-corrected chi connectivity index (χ3v) is 19.9. The molecule has 0 spiro atoms. The first-order valence-electron chi connectivity index (χ1n) is 29.4. The molecule has 42 nitrogen and oxygen atoms in total. The second-order valence-electron chi connectivity index (χ2n) is 22.3. The zero-order valence-electron chi connectivity index (χ0n) is 53.5. The molecule has 0 aliphatic carbocycles. The van der Waals surface area contributed by atoms with Crippen LogP contribution in [0.5, 0.6) is 17.6 Å². The standard InChI is InChI=1S/3C17H24N5O9P/c3*1-5-27-14(23)8(2)30-32(25)28-6-9-11(31-32)17(3,24)15(29-9)22-7-19-10-12(22)20-16(18)21-13(10)26-4/h3*7-9,11,15,24H,5-6H2,1-4H3,(H2,18,20,21)/t8-,9+,11+,15+,17+,32?;8-,9+,11+,15+,17+,32+;8-,9+,11+,15+,17+,32-/m000/s1. The van der Waals surface area contributed by atoms with E-state index < -0.39 is 132 Å². The lowest BCUT2D eigenvalue weighted by Crippen LogP contribution is -2.48. The molecule has 9 N–H and O–H groups in total. The number of imidazole rings is 3. The number of phosphoric acid groups is 3. The van der Waals surface area contributed by atoms with Gasteiger partial charge < -0.3 is 75.2 Å². The van der Waals surface area contributed by atoms with Gasteiger partial charge in [-0.3, -0.25) is 54.4 Å². The number of rotatable bonds is 18. The summed E-state index contributed by atoms with van der Waals surface area (Å²) in [6.45, 7) is 13.1. The molecule has 12 heterocycles. The van der Waals surface area contributed by atoms with Crippen molar-refractivity contribution in [3.8, 4) is 17.6 Å². The number of aliphatic hydroxyl groups is 3. The molecular formula is C51H72N15O27P3. The number of phosphoric ester groups is 3. The predicted octanol–water partition coefficient (Wildman–Crippen LogP) is 1.67. The van der Waals surface area contributed by atoms with Crippen molar-refractivity contribution >= 4 is 92.7 Å². The fourth-order valence-corrected chi connectivity index (χ4v) is 15.7. The Kier molecular flexibility index (Phi) is 20.7. The molecule has 45 heteroatoms. The summed E-state index contributed by atoms with van der Waals surface area (Å²) in [7, 11) is -8.36. The molecule has 0 bridgehead atoms. The van der Waals surface area contributed by atoms with Gasteiger partial charge in [-0.05, 0) is 62.3 Å². The maximum Gasteiger partial charge on any atom is 0.476 e. The monoisotopic (exact) mass is 1420 g/mol. The molecule has 96 heavy (non-hydrogen) atoms. The molecule has 6 aliphatic rings. The minimum Gasteiger partial charge on any atom is -0.479 e. The van der Waals surface area contributed by atoms with Crippen molar-refractivity contribution < 1.29 is 127 Å². The van der Waals surface area contributed by atoms with E-state index in [0.717, 1.165) is 0 Å². The minimum absolute atomic E-state index is 0.0587. The van der Waals surface area contributed by atoms with Gasteiger partial charge in [0.25, 0.3) is 0 Å². The average Bonchev–Trinajstić information content (AvgIpc) is 1.57. The number of anilines is 3. The normalized spacial score (nSPS) is 33.1. The molecule has 18 atom stereocenters. The second kappa shape index (κ2) is 27.7. The number of nitrogens with zero attached hydrogens (tertiary/aromatic N) is 12. The van der Waals surface area contributed by atoms with E-state index in [4.69, 9.17) is 101 Å². The highest BCUT2D eigenvalue weighted by Crippen LogP contribution is 2.62. The van der Waals surface area contributed by atoms with Gasteiger partial charge in [0.05, 0.1) is 80.0 Å². The lowest BCUT2D eigenvalue weighted by molar-refractivity contribution is -0.154. The third-order valence-electron chi connectivity index (χ3n) is 15.3. The van der Waals surface area contributed by atoms with E-state index in [9.17, 15) is 43.4 Å². The van der Waals surface area contributed by atoms with Crippen molar-refractivity contribution in [1.29, 1.82) is 0 Å². The Bertz CT molecular complexity index is 3630. The molecule has 6 saturated heterocycles. The van der Waals surface area contributed by atoms with E-state index in [2.05, 4.69) is 44.9 Å². The lowest BCUT2D eigenvalue weighted by Gasteiger charge is -2.35. The van der Waals surface area contributed by atoms with Crippen molar-refractivity contribution in [2.75, 3.05) is 78.2 Å². The van der Waals surface area contributed by atoms with Crippen LogP contribution in [0.4, 0.5) is 17.8 Å². The van der Waals surface area contributed by atoms with Crippen molar-refractivity contribution in [1.82, 2.24) is 58.6 Å². The van der Waals surface area contributed by atoms with Crippen molar-refractivity contribution in [3.05, 3.63) is 19.0 Å². The van der Waals surface area contributed by atoms with E-state index in [1.807, 2.05) is 0 Å². The highest BCUT2D eigenvalue weighted by Gasteiger charge is 2.64. The number of hydrogen-bond acceptors (Lipinski definition) is 39. The van der Waals surface area contributed by atoms with Crippen LogP contribution in [-0.2, 0) is 97.2 Å². The Hall–Kier alpha value is -7.05. The largest absolute Gasteiger partial charge is 0.479 e. The van der Waals surface area contributed by atoms with Crippen LogP contribution in [-0.4, -0.2) is 224 Å². The molecule has 0 aromatic carbocycles. The van der Waals surface area contributed by atoms with Crippen LogP contribution in [0.2, 0.25) is 0 Å². The summed E-state index contributed by atoms with van der Waals surface area (Å²) in [4.78, 5) is 72.6. The maximum absolute atomic E-state index is 13.0. The number of methoxy groups -OCH3 is 3. The van der Waals surface area contributed by atoms with Gasteiger partial charge in [-0.25, -0.2) is 43.0 Å². The smallest absolute Gasteiger partial charge is 0.476 e. The Morgan fingerprint density at radius 1 is 0.500 bits per heavy atom. The Morgan fingerprint density at radius 2 is 0.750 bits per heavy atom. The first-order chi connectivity index (χ1) is 45.3. The molecule has 528 valence electrons. The van der Waals surface area contributed by atoms with E-state index in [0.29, 0.717) is 16.6 Å². The lowest BCUT2D eigenvalue weighted by atomic mass is 9.96. The summed E-state index contributed by atoms with van der Waals surface area (Å²) in [5, 5.41) is 33.9. The Balaban J connectivity index is 0.000000157. The molecule has 0 saturated carbocycles. The number of nitrogens with two attached hydrogens (primary N) is 3. The predicted molar refractivity (Wildman–Crippen MR) is 319 cm³/mol. The van der Waals surface area contributed by atoms with Crippen molar-refractivity contribution in [2.24, 2.45) is 0 Å². The quantitative estimate of drug-likeness (QED) is 0.0405. The number of ether oxygens (including phenoxy) is 9. The molecule has 0 radical (unpaired) electrons. The number of aromatic nitrogens is 12. The van der Waals surface area contributed by atoms with Gasteiger partial charge in [0, 0.05) is 0 Å². The summed E-state index contributed by atoms with van der Waals surface area (Å²) in [5.74, 6) is -1.86. The minimum atomic E-state index is -4.20. The van der Waals surface area contributed by atoms with Crippen LogP contribution in [0, 0.1) is 0 Å². The fraction of sp³-hybridized carbons (Fsp3) is 0.647. The highest BCUT2D eigenvalue weighted by atomic mass is 31.2. The molecule has 6 fully saturated rings. The van der Waals surface area contributed by atoms with Crippen LogP contribution >= 0.6 is 23.5 Å². The third kappa shape index (κ3) is 13.9. The molecule has 6 aromatic heterocycles. The first kappa shape index (κ1) is 71.7. The van der Waals surface area contributed by atoms with E-state index in [1.165, 1.54) is 95.6 Å². The maximum atomic E-state index is 13.0. The Labute approximate surface area is 544 Å². The van der Waals surface area contributed by atoms with E-state index in [1.54, 1.807) is 20.8 Å². The van der Waals surface area contributed by atoms with Crippen LogP contribution in [0.3, 0.4) is 0 Å². The first-order valence-corrected chi connectivity index (χ1v) is 33.8. The van der Waals surface area contributed by atoms with Gasteiger partial charge in [-0.2, -0.15) is 29.9 Å². The van der Waals surface area contributed by atoms with Gasteiger partial charge in [-0.1, -0.05) is 0 Å². The van der Waals surface area contributed by atoms with Crippen LogP contribution < -0.4 is 31.4 Å².